The number of rotatable bonds is 3. The Bertz CT molecular complexity index is 823. The lowest BCUT2D eigenvalue weighted by Gasteiger charge is -2.02. The van der Waals surface area contributed by atoms with E-state index in [1.807, 2.05) is 12.1 Å². The molecule has 0 fully saturated rings. The van der Waals surface area contributed by atoms with E-state index in [0.29, 0.717) is 11.1 Å². The highest BCUT2D eigenvalue weighted by atomic mass is 19.1. The number of aromatic amines is 1. The highest BCUT2D eigenvalue weighted by Crippen LogP contribution is 2.16. The predicted molar refractivity (Wildman–Crippen MR) is 79.8 cm³/mol. The lowest BCUT2D eigenvalue weighted by molar-refractivity contribution is 0.0956. The second-order valence-electron chi connectivity index (χ2n) is 4.47. The van der Waals surface area contributed by atoms with E-state index in [1.165, 1.54) is 12.3 Å². The molecule has 21 heavy (non-hydrogen) atoms. The molecule has 1 aromatic heterocycles. The lowest BCUT2D eigenvalue weighted by Crippen LogP contribution is -2.18. The number of aromatic nitrogens is 1. The third-order valence-electron chi connectivity index (χ3n) is 3.11. The van der Waals surface area contributed by atoms with Gasteiger partial charge < -0.3 is 4.98 Å². The van der Waals surface area contributed by atoms with Crippen molar-refractivity contribution in [2.45, 2.75) is 0 Å². The normalized spacial score (nSPS) is 11.1. The summed E-state index contributed by atoms with van der Waals surface area (Å²) in [5.41, 5.74) is 3.95. The van der Waals surface area contributed by atoms with Gasteiger partial charge >= 0.3 is 0 Å². The minimum atomic E-state index is -0.387. The smallest absolute Gasteiger partial charge is 0.273 e. The van der Waals surface area contributed by atoms with E-state index in [-0.39, 0.29) is 11.7 Å². The topological polar surface area (TPSA) is 57.2 Å². The maximum absolute atomic E-state index is 13.4. The number of nitrogens with one attached hydrogen (secondary N) is 2. The van der Waals surface area contributed by atoms with E-state index in [9.17, 15) is 9.18 Å². The van der Waals surface area contributed by atoms with Gasteiger partial charge in [0.15, 0.2) is 0 Å². The molecule has 104 valence electrons. The quantitative estimate of drug-likeness (QED) is 0.562. The predicted octanol–water partition coefficient (Wildman–Crippen LogP) is 3.07. The second-order valence-corrected chi connectivity index (χ2v) is 4.47. The number of H-pyrrole nitrogens is 1. The third-order valence-corrected chi connectivity index (χ3v) is 3.11. The number of para-hydroxylation sites is 1. The van der Waals surface area contributed by atoms with Crippen LogP contribution in [-0.4, -0.2) is 17.1 Å². The minimum absolute atomic E-state index is 0.316. The van der Waals surface area contributed by atoms with Crippen LogP contribution < -0.4 is 5.43 Å². The number of hydrogen-bond donors (Lipinski definition) is 2. The van der Waals surface area contributed by atoms with Crippen molar-refractivity contribution in [1.82, 2.24) is 10.4 Å². The van der Waals surface area contributed by atoms with Crippen LogP contribution in [0.1, 0.15) is 15.9 Å². The van der Waals surface area contributed by atoms with Gasteiger partial charge in [0, 0.05) is 17.1 Å². The van der Waals surface area contributed by atoms with Crippen molar-refractivity contribution < 1.29 is 9.18 Å². The molecule has 3 rings (SSSR count). The van der Waals surface area contributed by atoms with Crippen molar-refractivity contribution in [1.29, 1.82) is 0 Å². The van der Waals surface area contributed by atoms with E-state index in [1.54, 1.807) is 36.5 Å². The first-order chi connectivity index (χ1) is 10.3. The molecule has 1 amide bonds. The summed E-state index contributed by atoms with van der Waals surface area (Å²) in [5, 5.41) is 4.74. The number of amides is 1. The van der Waals surface area contributed by atoms with Gasteiger partial charge in [0.2, 0.25) is 0 Å². The van der Waals surface area contributed by atoms with Gasteiger partial charge in [-0.25, -0.2) is 9.82 Å². The van der Waals surface area contributed by atoms with Crippen molar-refractivity contribution in [3.8, 4) is 0 Å². The summed E-state index contributed by atoms with van der Waals surface area (Å²) in [4.78, 5) is 15.1. The average Bonchev–Trinajstić information content (AvgIpc) is 2.97. The van der Waals surface area contributed by atoms with E-state index < -0.39 is 0 Å². The van der Waals surface area contributed by atoms with Crippen LogP contribution in [0.2, 0.25) is 0 Å². The van der Waals surface area contributed by atoms with Crippen molar-refractivity contribution in [3.63, 3.8) is 0 Å². The fraction of sp³-hybridized carbons (Fsp3) is 0. The molecule has 0 saturated heterocycles. The van der Waals surface area contributed by atoms with Gasteiger partial charge in [0.1, 0.15) is 5.82 Å². The number of carbonyl (C=O) groups excluding carboxylic acids is 1. The van der Waals surface area contributed by atoms with Gasteiger partial charge in [-0.2, -0.15) is 5.10 Å². The van der Waals surface area contributed by atoms with E-state index in [0.717, 1.165) is 10.9 Å². The molecule has 1 heterocycles. The summed E-state index contributed by atoms with van der Waals surface area (Å²) < 4.78 is 13.4. The molecule has 4 nitrogen and oxygen atoms in total. The van der Waals surface area contributed by atoms with Crippen molar-refractivity contribution in [3.05, 3.63) is 71.7 Å². The number of hydrazone groups is 1. The van der Waals surface area contributed by atoms with Gasteiger partial charge in [-0.15, -0.1) is 0 Å². The molecule has 0 spiro atoms. The Kier molecular flexibility index (Phi) is 3.47. The third kappa shape index (κ3) is 2.67. The number of hydrogen-bond acceptors (Lipinski definition) is 2. The first-order valence-electron chi connectivity index (χ1n) is 6.40. The number of halogens is 1. The highest BCUT2D eigenvalue weighted by molar-refractivity contribution is 6.05. The molecule has 0 bridgehead atoms. The molecule has 3 aromatic rings. The van der Waals surface area contributed by atoms with E-state index in [2.05, 4.69) is 15.5 Å². The van der Waals surface area contributed by atoms with Crippen molar-refractivity contribution >= 4 is 23.0 Å². The van der Waals surface area contributed by atoms with E-state index in [4.69, 9.17) is 0 Å². The van der Waals surface area contributed by atoms with Crippen molar-refractivity contribution in [2.75, 3.05) is 0 Å². The lowest BCUT2D eigenvalue weighted by atomic mass is 10.1. The van der Waals surface area contributed by atoms with Crippen LogP contribution in [0.5, 0.6) is 0 Å². The number of benzene rings is 2. The van der Waals surface area contributed by atoms with Gasteiger partial charge in [0.05, 0.1) is 17.3 Å². The molecular formula is C16H12FN3O. The van der Waals surface area contributed by atoms with Crippen LogP contribution in [0.25, 0.3) is 10.9 Å². The van der Waals surface area contributed by atoms with Gasteiger partial charge in [-0.05, 0) is 18.2 Å². The first kappa shape index (κ1) is 13.1. The van der Waals surface area contributed by atoms with Gasteiger partial charge in [0.25, 0.3) is 5.91 Å². The van der Waals surface area contributed by atoms with Crippen molar-refractivity contribution in [2.24, 2.45) is 5.10 Å². The number of nitrogens with zero attached hydrogens (tertiary/aromatic N) is 1. The summed E-state index contributed by atoms with van der Waals surface area (Å²) in [6.45, 7) is 0. The van der Waals surface area contributed by atoms with Crippen LogP contribution in [0, 0.1) is 5.82 Å². The van der Waals surface area contributed by atoms with Crippen LogP contribution in [0.3, 0.4) is 0 Å². The highest BCUT2D eigenvalue weighted by Gasteiger charge is 2.09. The second kappa shape index (κ2) is 5.58. The van der Waals surface area contributed by atoms with Gasteiger partial charge in [-0.1, -0.05) is 30.3 Å². The fourth-order valence-corrected chi connectivity index (χ4v) is 2.07. The average molecular weight is 281 g/mol. The summed E-state index contributed by atoms with van der Waals surface area (Å²) in [6.07, 6.45) is 3.05. The monoisotopic (exact) mass is 281 g/mol. The Morgan fingerprint density at radius 2 is 2.00 bits per heavy atom. The molecule has 0 aliphatic heterocycles. The summed E-state index contributed by atoms with van der Waals surface area (Å²) in [7, 11) is 0. The Hall–Kier alpha value is -2.95. The Balaban J connectivity index is 1.78. The molecule has 0 saturated carbocycles. The number of carbonyl (C=O) groups is 1. The Labute approximate surface area is 120 Å². The van der Waals surface area contributed by atoms with Crippen LogP contribution >= 0.6 is 0 Å². The first-order valence-corrected chi connectivity index (χ1v) is 6.40. The molecule has 2 aromatic carbocycles. The molecule has 5 heteroatoms. The van der Waals surface area contributed by atoms with Gasteiger partial charge in [-0.3, -0.25) is 4.79 Å². The molecule has 0 aliphatic carbocycles. The zero-order valence-electron chi connectivity index (χ0n) is 11.0. The van der Waals surface area contributed by atoms with Crippen LogP contribution in [0.4, 0.5) is 4.39 Å². The zero-order valence-corrected chi connectivity index (χ0v) is 11.0. The largest absolute Gasteiger partial charge is 0.361 e. The molecule has 2 N–H and O–H groups in total. The minimum Gasteiger partial charge on any atom is -0.361 e. The SMILES string of the molecule is O=C(N/N=C\c1ccccc1F)c1cccc2cc[nH]c12. The summed E-state index contributed by atoms with van der Waals surface area (Å²) in [5.74, 6) is -0.738. The maximum atomic E-state index is 13.4. The van der Waals surface area contributed by atoms with Crippen LogP contribution in [0.15, 0.2) is 59.8 Å². The molecule has 0 unspecified atom stereocenters. The van der Waals surface area contributed by atoms with Crippen LogP contribution in [-0.2, 0) is 0 Å². The Morgan fingerprint density at radius 3 is 2.86 bits per heavy atom. The molecule has 0 radical (unpaired) electrons. The molecule has 0 aliphatic rings. The molecular weight excluding hydrogens is 269 g/mol. The summed E-state index contributed by atoms with van der Waals surface area (Å²) in [6, 6.07) is 13.5. The Morgan fingerprint density at radius 1 is 1.14 bits per heavy atom. The van der Waals surface area contributed by atoms with E-state index >= 15 is 0 Å². The molecule has 0 atom stereocenters. The number of fused-ring (bicyclic) bond motifs is 1. The maximum Gasteiger partial charge on any atom is 0.273 e. The standard InChI is InChI=1S/C16H12FN3O/c17-14-7-2-1-4-12(14)10-19-20-16(21)13-6-3-5-11-8-9-18-15(11)13/h1-10,18H,(H,20,21)/b19-10-. The zero-order chi connectivity index (χ0) is 14.7. The summed E-state index contributed by atoms with van der Waals surface area (Å²) >= 11 is 0. The fourth-order valence-electron chi connectivity index (χ4n) is 2.07.